The number of nitrogens with one attached hydrogen (secondary N) is 1. The number of anilines is 1. The van der Waals surface area contributed by atoms with Crippen molar-refractivity contribution < 1.29 is 22.7 Å². The molecule has 1 aliphatic heterocycles. The third-order valence-electron chi connectivity index (χ3n) is 2.62. The largest absolute Gasteiger partial charge is 0.573 e. The zero-order valence-corrected chi connectivity index (χ0v) is 9.58. The number of ether oxygens (including phenoxy) is 1. The van der Waals surface area contributed by atoms with E-state index in [1.165, 1.54) is 0 Å². The summed E-state index contributed by atoms with van der Waals surface area (Å²) >= 11 is 0. The van der Waals surface area contributed by atoms with E-state index in [1.54, 1.807) is 0 Å². The van der Waals surface area contributed by atoms with Gasteiger partial charge in [-0.1, -0.05) is 5.18 Å². The van der Waals surface area contributed by atoms with Crippen molar-refractivity contribution in [3.8, 4) is 5.75 Å². The Morgan fingerprint density at radius 1 is 1.37 bits per heavy atom. The Labute approximate surface area is 105 Å². The van der Waals surface area contributed by atoms with Gasteiger partial charge in [0.05, 0.1) is 5.69 Å². The number of ketones is 1. The summed E-state index contributed by atoms with van der Waals surface area (Å²) in [5.41, 5.74) is 0.650. The molecule has 5 nitrogen and oxygen atoms in total. The summed E-state index contributed by atoms with van der Waals surface area (Å²) in [5.74, 6) is -0.824. The molecule has 0 aromatic heterocycles. The number of alkyl halides is 3. The fraction of sp³-hybridized carbons (Fsp3) is 0.364. The normalized spacial score (nSPS) is 14.6. The number of hydrogen-bond acceptors (Lipinski definition) is 5. The molecule has 19 heavy (non-hydrogen) atoms. The minimum Gasteiger partial charge on any atom is -0.406 e. The van der Waals surface area contributed by atoms with Crippen LogP contribution in [0.25, 0.3) is 0 Å². The first kappa shape index (κ1) is 13.3. The number of hydrogen-bond donors (Lipinski definition) is 1. The molecule has 1 aromatic rings. The van der Waals surface area contributed by atoms with Gasteiger partial charge in [-0.05, 0) is 12.1 Å². The average Bonchev–Trinajstić information content (AvgIpc) is 2.29. The molecule has 102 valence electrons. The van der Waals surface area contributed by atoms with Gasteiger partial charge in [-0.25, -0.2) is 0 Å². The van der Waals surface area contributed by atoms with Crippen molar-refractivity contribution in [1.29, 1.82) is 0 Å². The van der Waals surface area contributed by atoms with Crippen molar-refractivity contribution in [1.82, 2.24) is 0 Å². The van der Waals surface area contributed by atoms with Gasteiger partial charge >= 0.3 is 6.36 Å². The summed E-state index contributed by atoms with van der Waals surface area (Å²) in [4.78, 5) is 22.0. The van der Waals surface area contributed by atoms with Gasteiger partial charge in [-0.3, -0.25) is 4.79 Å². The molecule has 0 fully saturated rings. The molecule has 0 saturated carbocycles. The van der Waals surface area contributed by atoms with Gasteiger partial charge in [-0.2, -0.15) is 4.91 Å². The van der Waals surface area contributed by atoms with E-state index in [0.29, 0.717) is 12.2 Å². The molecule has 1 aromatic carbocycles. The molecule has 1 heterocycles. The Morgan fingerprint density at radius 2 is 2.11 bits per heavy atom. The van der Waals surface area contributed by atoms with Crippen LogP contribution in [0.1, 0.15) is 22.3 Å². The van der Waals surface area contributed by atoms with Crippen molar-refractivity contribution in [2.75, 3.05) is 11.9 Å². The van der Waals surface area contributed by atoms with E-state index in [1.807, 2.05) is 0 Å². The Morgan fingerprint density at radius 3 is 2.74 bits per heavy atom. The standard InChI is InChI=1S/C11H9F3N2O3/c12-11(13,14)19-7-3-6(5-16-18)10-8(4-7)9(17)1-2-15-10/h3-4,15H,1-2,5H2. The van der Waals surface area contributed by atoms with Crippen molar-refractivity contribution in [3.05, 3.63) is 28.2 Å². The highest BCUT2D eigenvalue weighted by atomic mass is 19.4. The van der Waals surface area contributed by atoms with Crippen LogP contribution in [0.5, 0.6) is 5.75 Å². The van der Waals surface area contributed by atoms with Gasteiger partial charge in [0, 0.05) is 24.1 Å². The minimum atomic E-state index is -4.86. The van der Waals surface area contributed by atoms with Crippen LogP contribution in [0.2, 0.25) is 0 Å². The molecule has 0 atom stereocenters. The number of carbonyl (C=O) groups is 1. The van der Waals surface area contributed by atoms with E-state index < -0.39 is 12.1 Å². The maximum Gasteiger partial charge on any atom is 0.573 e. The van der Waals surface area contributed by atoms with E-state index in [0.717, 1.165) is 12.1 Å². The van der Waals surface area contributed by atoms with Crippen molar-refractivity contribution >= 4 is 11.5 Å². The number of fused-ring (bicyclic) bond motifs is 1. The van der Waals surface area contributed by atoms with Crippen molar-refractivity contribution in [2.24, 2.45) is 5.18 Å². The summed E-state index contributed by atoms with van der Waals surface area (Å²) in [6.07, 6.45) is -4.68. The van der Waals surface area contributed by atoms with E-state index >= 15 is 0 Å². The van der Waals surface area contributed by atoms with Crippen LogP contribution < -0.4 is 10.1 Å². The van der Waals surface area contributed by atoms with Gasteiger partial charge in [0.1, 0.15) is 12.3 Å². The summed E-state index contributed by atoms with van der Waals surface area (Å²) in [6.45, 7) is 0.0365. The number of halogens is 3. The average molecular weight is 274 g/mol. The number of nitrogens with zero attached hydrogens (tertiary/aromatic N) is 1. The SMILES string of the molecule is O=NCc1cc(OC(F)(F)F)cc2c1NCCC2=O. The molecular weight excluding hydrogens is 265 g/mol. The number of benzene rings is 1. The second kappa shape index (κ2) is 4.87. The predicted octanol–water partition coefficient (Wildman–Crippen LogP) is 2.85. The molecule has 0 saturated heterocycles. The second-order valence-electron chi connectivity index (χ2n) is 3.94. The minimum absolute atomic E-state index is 0.0895. The lowest BCUT2D eigenvalue weighted by molar-refractivity contribution is -0.274. The van der Waals surface area contributed by atoms with Crippen LogP contribution in [-0.2, 0) is 6.54 Å². The van der Waals surface area contributed by atoms with Gasteiger partial charge in [0.25, 0.3) is 0 Å². The quantitative estimate of drug-likeness (QED) is 0.860. The van der Waals surface area contributed by atoms with Crippen LogP contribution in [-0.4, -0.2) is 18.7 Å². The third-order valence-corrected chi connectivity index (χ3v) is 2.62. The molecule has 0 aliphatic carbocycles. The lowest BCUT2D eigenvalue weighted by atomic mass is 9.98. The highest BCUT2D eigenvalue weighted by Crippen LogP contribution is 2.33. The second-order valence-corrected chi connectivity index (χ2v) is 3.94. The Kier molecular flexibility index (Phi) is 3.41. The van der Waals surface area contributed by atoms with Gasteiger partial charge in [-0.15, -0.1) is 13.2 Å². The third kappa shape index (κ3) is 3.01. The molecule has 0 unspecified atom stereocenters. The van der Waals surface area contributed by atoms with E-state index in [-0.39, 0.29) is 29.9 Å². The number of nitroso groups, excluding NO2 is 1. The molecule has 0 bridgehead atoms. The summed E-state index contributed by atoms with van der Waals surface area (Å²) < 4.78 is 40.3. The molecule has 0 radical (unpaired) electrons. The van der Waals surface area contributed by atoms with Gasteiger partial charge in [0.2, 0.25) is 0 Å². The molecule has 8 heteroatoms. The maximum absolute atomic E-state index is 12.2. The number of Topliss-reactive ketones (excluding diaryl/α,β-unsaturated/α-hetero) is 1. The van der Waals surface area contributed by atoms with Crippen LogP contribution >= 0.6 is 0 Å². The smallest absolute Gasteiger partial charge is 0.406 e. The first-order valence-electron chi connectivity index (χ1n) is 5.39. The van der Waals surface area contributed by atoms with Crippen molar-refractivity contribution in [3.63, 3.8) is 0 Å². The fourth-order valence-corrected chi connectivity index (χ4v) is 1.92. The first-order valence-corrected chi connectivity index (χ1v) is 5.39. The zero-order chi connectivity index (χ0) is 14.0. The maximum atomic E-state index is 12.2. The molecule has 0 spiro atoms. The highest BCUT2D eigenvalue weighted by Gasteiger charge is 2.32. The number of rotatable bonds is 3. The number of carbonyl (C=O) groups excluding carboxylic acids is 1. The summed E-state index contributed by atoms with van der Waals surface area (Å²) in [6, 6.07) is 2.07. The van der Waals surface area contributed by atoms with Crippen LogP contribution in [0.15, 0.2) is 17.3 Å². The van der Waals surface area contributed by atoms with Crippen LogP contribution in [0.3, 0.4) is 0 Å². The van der Waals surface area contributed by atoms with E-state index in [9.17, 15) is 22.9 Å². The molecule has 0 amide bonds. The first-order chi connectivity index (χ1) is 8.90. The Balaban J connectivity index is 2.47. The molecule has 1 aliphatic rings. The summed E-state index contributed by atoms with van der Waals surface area (Å²) in [5, 5.41) is 5.52. The van der Waals surface area contributed by atoms with Crippen LogP contribution in [0.4, 0.5) is 18.9 Å². The molecule has 2 rings (SSSR count). The van der Waals surface area contributed by atoms with Gasteiger partial charge < -0.3 is 10.1 Å². The van der Waals surface area contributed by atoms with E-state index in [2.05, 4.69) is 15.2 Å². The lowest BCUT2D eigenvalue weighted by Gasteiger charge is -2.21. The van der Waals surface area contributed by atoms with E-state index in [4.69, 9.17) is 0 Å². The molecular formula is C11H9F3N2O3. The van der Waals surface area contributed by atoms with Crippen molar-refractivity contribution in [2.45, 2.75) is 19.3 Å². The Hall–Kier alpha value is -2.12. The fourth-order valence-electron chi connectivity index (χ4n) is 1.92. The van der Waals surface area contributed by atoms with Gasteiger partial charge in [0.15, 0.2) is 5.78 Å². The zero-order valence-electron chi connectivity index (χ0n) is 9.58. The summed E-state index contributed by atoms with van der Waals surface area (Å²) in [7, 11) is 0. The predicted molar refractivity (Wildman–Crippen MR) is 60.1 cm³/mol. The topological polar surface area (TPSA) is 67.8 Å². The lowest BCUT2D eigenvalue weighted by Crippen LogP contribution is -2.21. The Bertz CT molecular complexity index is 529. The monoisotopic (exact) mass is 274 g/mol. The van der Waals surface area contributed by atoms with Crippen LogP contribution in [0, 0.1) is 4.91 Å². The highest BCUT2D eigenvalue weighted by molar-refractivity contribution is 6.04. The molecule has 1 N–H and O–H groups in total.